The standard InChI is InChI=1S/C15H17ClN2O/c1-8-4-9(2)13(10(3)5-8)14(19)12-6-11(16)7-18-15(12)17/h4-7,14,19H,1-3H3,(H2,17,18). The van der Waals surface area contributed by atoms with Crippen LogP contribution < -0.4 is 5.73 Å². The third kappa shape index (κ3) is 2.72. The lowest BCUT2D eigenvalue weighted by Gasteiger charge is -2.19. The summed E-state index contributed by atoms with van der Waals surface area (Å²) >= 11 is 5.92. The van der Waals surface area contributed by atoms with Gasteiger partial charge in [0.2, 0.25) is 0 Å². The first kappa shape index (κ1) is 13.8. The zero-order chi connectivity index (χ0) is 14.2. The lowest BCUT2D eigenvalue weighted by molar-refractivity contribution is 0.219. The first-order valence-electron chi connectivity index (χ1n) is 6.07. The van der Waals surface area contributed by atoms with Gasteiger partial charge in [-0.15, -0.1) is 0 Å². The monoisotopic (exact) mass is 276 g/mol. The minimum absolute atomic E-state index is 0.302. The molecule has 4 heteroatoms. The molecule has 1 heterocycles. The molecule has 19 heavy (non-hydrogen) atoms. The van der Waals surface area contributed by atoms with E-state index in [0.29, 0.717) is 16.4 Å². The van der Waals surface area contributed by atoms with Crippen LogP contribution in [0.3, 0.4) is 0 Å². The van der Waals surface area contributed by atoms with Crippen LogP contribution in [0.4, 0.5) is 5.82 Å². The molecule has 0 saturated heterocycles. The molecule has 3 nitrogen and oxygen atoms in total. The van der Waals surface area contributed by atoms with Crippen molar-refractivity contribution in [1.82, 2.24) is 4.98 Å². The lowest BCUT2D eigenvalue weighted by atomic mass is 9.92. The largest absolute Gasteiger partial charge is 0.383 e. The summed E-state index contributed by atoms with van der Waals surface area (Å²) < 4.78 is 0. The van der Waals surface area contributed by atoms with Crippen molar-refractivity contribution in [2.24, 2.45) is 0 Å². The fraction of sp³-hybridized carbons (Fsp3) is 0.267. The van der Waals surface area contributed by atoms with E-state index >= 15 is 0 Å². The molecule has 0 aliphatic rings. The number of halogens is 1. The quantitative estimate of drug-likeness (QED) is 0.884. The van der Waals surface area contributed by atoms with Crippen molar-refractivity contribution in [3.63, 3.8) is 0 Å². The summed E-state index contributed by atoms with van der Waals surface area (Å²) in [4.78, 5) is 3.99. The molecule has 0 spiro atoms. The Labute approximate surface area is 118 Å². The van der Waals surface area contributed by atoms with Gasteiger partial charge in [0.05, 0.1) is 5.02 Å². The Hall–Kier alpha value is -1.58. The SMILES string of the molecule is Cc1cc(C)c(C(O)c2cc(Cl)cnc2N)c(C)c1. The molecule has 0 aliphatic heterocycles. The van der Waals surface area contributed by atoms with Crippen molar-refractivity contribution in [3.8, 4) is 0 Å². The highest BCUT2D eigenvalue weighted by Gasteiger charge is 2.19. The van der Waals surface area contributed by atoms with Gasteiger partial charge in [0.25, 0.3) is 0 Å². The van der Waals surface area contributed by atoms with E-state index in [0.717, 1.165) is 16.7 Å². The van der Waals surface area contributed by atoms with Crippen molar-refractivity contribution in [3.05, 3.63) is 57.2 Å². The Morgan fingerprint density at radius 2 is 1.74 bits per heavy atom. The Kier molecular flexibility index (Phi) is 3.78. The van der Waals surface area contributed by atoms with Crippen molar-refractivity contribution in [1.29, 1.82) is 0 Å². The van der Waals surface area contributed by atoms with Crippen LogP contribution in [0.2, 0.25) is 5.02 Å². The second-order valence-corrected chi connectivity index (χ2v) is 5.28. The molecule has 1 aromatic carbocycles. The topological polar surface area (TPSA) is 59.1 Å². The molecule has 3 N–H and O–H groups in total. The summed E-state index contributed by atoms with van der Waals surface area (Å²) in [5.74, 6) is 0.302. The van der Waals surface area contributed by atoms with E-state index in [2.05, 4.69) is 4.98 Å². The maximum Gasteiger partial charge on any atom is 0.129 e. The Morgan fingerprint density at radius 3 is 2.32 bits per heavy atom. The molecule has 0 amide bonds. The minimum atomic E-state index is -0.813. The first-order chi connectivity index (χ1) is 8.90. The van der Waals surface area contributed by atoms with Gasteiger partial charge >= 0.3 is 0 Å². The normalized spacial score (nSPS) is 12.5. The van der Waals surface area contributed by atoms with Crippen LogP contribution in [0.5, 0.6) is 0 Å². The molecule has 0 radical (unpaired) electrons. The van der Waals surface area contributed by atoms with E-state index in [1.807, 2.05) is 32.9 Å². The Bertz CT molecular complexity index is 603. The maximum absolute atomic E-state index is 10.6. The summed E-state index contributed by atoms with van der Waals surface area (Å²) in [5.41, 5.74) is 10.5. The summed E-state index contributed by atoms with van der Waals surface area (Å²) in [6, 6.07) is 5.74. The van der Waals surface area contributed by atoms with Gasteiger partial charge in [-0.1, -0.05) is 29.3 Å². The van der Waals surface area contributed by atoms with Gasteiger partial charge < -0.3 is 10.8 Å². The molecule has 0 fully saturated rings. The number of aliphatic hydroxyl groups is 1. The van der Waals surface area contributed by atoms with E-state index < -0.39 is 6.10 Å². The predicted octanol–water partition coefficient (Wildman–Crippen LogP) is 3.32. The number of aryl methyl sites for hydroxylation is 3. The number of nitrogen functional groups attached to an aromatic ring is 1. The number of benzene rings is 1. The summed E-state index contributed by atoms with van der Waals surface area (Å²) in [7, 11) is 0. The smallest absolute Gasteiger partial charge is 0.129 e. The average molecular weight is 277 g/mol. The number of rotatable bonds is 2. The predicted molar refractivity (Wildman–Crippen MR) is 78.4 cm³/mol. The number of aromatic nitrogens is 1. The van der Waals surface area contributed by atoms with E-state index in [1.165, 1.54) is 11.8 Å². The Balaban J connectivity index is 2.56. The molecule has 1 aromatic heterocycles. The van der Waals surface area contributed by atoms with Gasteiger partial charge in [-0.2, -0.15) is 0 Å². The average Bonchev–Trinajstić information content (AvgIpc) is 2.30. The summed E-state index contributed by atoms with van der Waals surface area (Å²) in [6.07, 6.45) is 0.661. The molecule has 2 rings (SSSR count). The molecule has 1 unspecified atom stereocenters. The van der Waals surface area contributed by atoms with Gasteiger partial charge in [0.1, 0.15) is 11.9 Å². The molecule has 0 saturated carbocycles. The number of nitrogens with two attached hydrogens (primary N) is 1. The number of aliphatic hydroxyl groups excluding tert-OH is 1. The van der Waals surface area contributed by atoms with Crippen LogP contribution in [-0.4, -0.2) is 10.1 Å². The van der Waals surface area contributed by atoms with E-state index in [9.17, 15) is 5.11 Å². The van der Waals surface area contributed by atoms with Crippen LogP contribution >= 0.6 is 11.6 Å². The van der Waals surface area contributed by atoms with Crippen LogP contribution in [0.1, 0.15) is 33.9 Å². The fourth-order valence-corrected chi connectivity index (χ4v) is 2.63. The van der Waals surface area contributed by atoms with Crippen LogP contribution in [0.25, 0.3) is 0 Å². The molecular formula is C15H17ClN2O. The second-order valence-electron chi connectivity index (χ2n) is 4.84. The lowest BCUT2D eigenvalue weighted by Crippen LogP contribution is -2.09. The maximum atomic E-state index is 10.6. The number of hydrogen-bond donors (Lipinski definition) is 2. The zero-order valence-corrected chi connectivity index (χ0v) is 12.0. The number of anilines is 1. The van der Waals surface area contributed by atoms with Crippen molar-refractivity contribution < 1.29 is 5.11 Å². The van der Waals surface area contributed by atoms with Crippen molar-refractivity contribution in [2.45, 2.75) is 26.9 Å². The van der Waals surface area contributed by atoms with Crippen LogP contribution in [-0.2, 0) is 0 Å². The molecule has 100 valence electrons. The Morgan fingerprint density at radius 1 is 1.16 bits per heavy atom. The fourth-order valence-electron chi connectivity index (χ4n) is 2.46. The van der Waals surface area contributed by atoms with Crippen molar-refractivity contribution in [2.75, 3.05) is 5.73 Å². The van der Waals surface area contributed by atoms with Crippen LogP contribution in [0.15, 0.2) is 24.4 Å². The molecular weight excluding hydrogens is 260 g/mol. The van der Waals surface area contributed by atoms with E-state index in [1.54, 1.807) is 6.07 Å². The van der Waals surface area contributed by atoms with Gasteiger partial charge in [-0.25, -0.2) is 4.98 Å². The highest BCUT2D eigenvalue weighted by atomic mass is 35.5. The number of hydrogen-bond acceptors (Lipinski definition) is 3. The second kappa shape index (κ2) is 5.19. The van der Waals surface area contributed by atoms with Crippen LogP contribution in [0, 0.1) is 20.8 Å². The number of pyridine rings is 1. The first-order valence-corrected chi connectivity index (χ1v) is 6.44. The van der Waals surface area contributed by atoms with E-state index in [-0.39, 0.29) is 0 Å². The van der Waals surface area contributed by atoms with Gasteiger partial charge in [-0.3, -0.25) is 0 Å². The number of nitrogens with zero attached hydrogens (tertiary/aromatic N) is 1. The van der Waals surface area contributed by atoms with Gasteiger partial charge in [0.15, 0.2) is 0 Å². The summed E-state index contributed by atoms with van der Waals surface area (Å²) in [6.45, 7) is 5.99. The zero-order valence-electron chi connectivity index (χ0n) is 11.2. The third-order valence-corrected chi connectivity index (χ3v) is 3.43. The molecule has 2 aromatic rings. The van der Waals surface area contributed by atoms with Crippen molar-refractivity contribution >= 4 is 17.4 Å². The van der Waals surface area contributed by atoms with Gasteiger partial charge in [0, 0.05) is 11.8 Å². The molecule has 0 aliphatic carbocycles. The summed E-state index contributed by atoms with van der Waals surface area (Å²) in [5, 5.41) is 11.0. The van der Waals surface area contributed by atoms with Gasteiger partial charge in [-0.05, 0) is 43.5 Å². The van der Waals surface area contributed by atoms with E-state index in [4.69, 9.17) is 17.3 Å². The minimum Gasteiger partial charge on any atom is -0.383 e. The third-order valence-electron chi connectivity index (χ3n) is 3.22. The molecule has 0 bridgehead atoms. The molecule has 1 atom stereocenters. The highest BCUT2D eigenvalue weighted by molar-refractivity contribution is 6.30. The highest BCUT2D eigenvalue weighted by Crippen LogP contribution is 2.32.